The molecule has 1 aromatic heterocycles. The summed E-state index contributed by atoms with van der Waals surface area (Å²) in [6, 6.07) is 18.6. The number of nitrogens with one attached hydrogen (secondary N) is 1. The fourth-order valence-corrected chi connectivity index (χ4v) is 11.8. The normalized spacial score (nSPS) is 23.1. The lowest BCUT2D eigenvalue weighted by atomic mass is 9.82. The molecule has 1 spiro atoms. The molecule has 1 saturated heterocycles. The summed E-state index contributed by atoms with van der Waals surface area (Å²) in [6.45, 7) is 9.70. The first-order valence-corrected chi connectivity index (χ1v) is 23.3. The summed E-state index contributed by atoms with van der Waals surface area (Å²) < 4.78 is 14.5. The molecule has 0 saturated carbocycles. The Morgan fingerprint density at radius 1 is 1.04 bits per heavy atom. The van der Waals surface area contributed by atoms with Crippen molar-refractivity contribution in [2.75, 3.05) is 36.2 Å². The zero-order valence-corrected chi connectivity index (χ0v) is 34.8. The van der Waals surface area contributed by atoms with Crippen LogP contribution in [0, 0.1) is 5.92 Å². The number of amides is 2. The highest BCUT2D eigenvalue weighted by Gasteiger charge is 2.66. The molecule has 3 aliphatic heterocycles. The highest BCUT2D eigenvalue weighted by atomic mass is 35.5. The standard InChI is InChI=1S/C42H53ClN6O7Si/c1-5-55-33-13-15-36-29(22-33)23-35(44-18-6-7-20-50)40(52)49(36)32-11-8-28(9-12-32)25-48-37-14-10-30(43)24-34(37)42(41(48)53)27(2)39(57(3,4)54)38(56-42)16-19-47-26-31(17-21-51)45-46-47/h8-15,22,24,26-27,35,38-39,44,50-51,54H,5-7,16-21,23,25H2,1-4H3/t27-,35?,38+,39-,42+/m0/s1. The molecule has 3 aromatic carbocycles. The molecule has 15 heteroatoms. The van der Waals surface area contributed by atoms with E-state index in [1.54, 1.807) is 26.7 Å². The molecule has 7 rings (SSSR count). The van der Waals surface area contributed by atoms with Gasteiger partial charge in [-0.3, -0.25) is 19.2 Å². The third-order valence-corrected chi connectivity index (χ3v) is 14.3. The van der Waals surface area contributed by atoms with Crippen molar-refractivity contribution in [1.82, 2.24) is 20.3 Å². The number of aryl methyl sites for hydroxylation is 1. The van der Waals surface area contributed by atoms with E-state index in [-0.39, 0.29) is 43.0 Å². The number of halogens is 1. The summed E-state index contributed by atoms with van der Waals surface area (Å²) in [7, 11) is -2.89. The Morgan fingerprint density at radius 2 is 1.81 bits per heavy atom. The average Bonchev–Trinajstić information content (AvgIpc) is 3.83. The van der Waals surface area contributed by atoms with Crippen molar-refractivity contribution in [3.63, 3.8) is 0 Å². The number of hydrogen-bond acceptors (Lipinski definition) is 10. The van der Waals surface area contributed by atoms with E-state index in [1.807, 2.05) is 81.5 Å². The molecule has 3 aliphatic rings. The quantitative estimate of drug-likeness (QED) is 0.0869. The van der Waals surface area contributed by atoms with Gasteiger partial charge in [-0.2, -0.15) is 0 Å². The summed E-state index contributed by atoms with van der Waals surface area (Å²) in [5.41, 5.74) is 3.84. The number of nitrogens with zero attached hydrogens (tertiary/aromatic N) is 5. The minimum Gasteiger partial charge on any atom is -0.494 e. The van der Waals surface area contributed by atoms with Crippen LogP contribution in [0.3, 0.4) is 0 Å². The predicted octanol–water partition coefficient (Wildman–Crippen LogP) is 5.25. The molecule has 2 amide bonds. The first kappa shape index (κ1) is 41.0. The lowest BCUT2D eigenvalue weighted by Crippen LogP contribution is -2.49. The molecule has 0 bridgehead atoms. The number of anilines is 3. The van der Waals surface area contributed by atoms with Gasteiger partial charge in [0.2, 0.25) is 5.91 Å². The largest absolute Gasteiger partial charge is 0.494 e. The van der Waals surface area contributed by atoms with Crippen molar-refractivity contribution in [3.05, 3.63) is 94.3 Å². The molecule has 1 unspecified atom stereocenters. The maximum absolute atomic E-state index is 15.0. The Hall–Kier alpha value is -4.15. The van der Waals surface area contributed by atoms with Gasteiger partial charge in [0.15, 0.2) is 13.9 Å². The van der Waals surface area contributed by atoms with Crippen LogP contribution >= 0.6 is 11.6 Å². The number of fused-ring (bicyclic) bond motifs is 3. The second kappa shape index (κ2) is 17.0. The molecule has 5 atom stereocenters. The minimum atomic E-state index is -2.89. The van der Waals surface area contributed by atoms with Crippen molar-refractivity contribution >= 4 is 48.8 Å². The number of carbonyl (C=O) groups is 2. The number of ether oxygens (including phenoxy) is 2. The number of unbranched alkanes of at least 4 members (excludes halogenated alkanes) is 1. The topological polar surface area (TPSA) is 163 Å². The van der Waals surface area contributed by atoms with Crippen LogP contribution in [0.2, 0.25) is 23.7 Å². The summed E-state index contributed by atoms with van der Waals surface area (Å²) >= 11 is 6.62. The lowest BCUT2D eigenvalue weighted by molar-refractivity contribution is -0.146. The van der Waals surface area contributed by atoms with Crippen LogP contribution in [0.5, 0.6) is 5.75 Å². The Morgan fingerprint density at radius 3 is 2.53 bits per heavy atom. The molecule has 0 aliphatic carbocycles. The fraction of sp³-hybridized carbons (Fsp3) is 0.476. The van der Waals surface area contributed by atoms with Gasteiger partial charge < -0.3 is 34.7 Å². The third kappa shape index (κ3) is 8.01. The number of aliphatic hydroxyl groups excluding tert-OH is 2. The SMILES string of the molecule is CCOc1ccc2c(c1)CC(NCCCCO)C(=O)N2c1ccc(CN2C(=O)[C@]3(O[C@H](CCn4cc(CCO)nn4)[C@@H]([Si](C)(C)O)[C@@H]3C)c3cc(Cl)ccc32)cc1. The molecule has 1 fully saturated rings. The monoisotopic (exact) mass is 816 g/mol. The second-order valence-corrected chi connectivity index (χ2v) is 20.3. The van der Waals surface area contributed by atoms with Crippen LogP contribution in [0.1, 0.15) is 55.5 Å². The molecule has 0 radical (unpaired) electrons. The number of benzene rings is 3. The molecule has 57 heavy (non-hydrogen) atoms. The van der Waals surface area contributed by atoms with Gasteiger partial charge in [0.25, 0.3) is 5.91 Å². The van der Waals surface area contributed by atoms with E-state index in [9.17, 15) is 24.6 Å². The van der Waals surface area contributed by atoms with Gasteiger partial charge in [-0.05, 0) is 112 Å². The van der Waals surface area contributed by atoms with E-state index in [4.69, 9.17) is 21.1 Å². The fourth-order valence-electron chi connectivity index (χ4n) is 9.07. The summed E-state index contributed by atoms with van der Waals surface area (Å²) in [5, 5.41) is 30.8. The molecule has 13 nitrogen and oxygen atoms in total. The lowest BCUT2D eigenvalue weighted by Gasteiger charge is -2.35. The molecule has 4 N–H and O–H groups in total. The van der Waals surface area contributed by atoms with Gasteiger partial charge in [0, 0.05) is 60.1 Å². The molecular weight excluding hydrogens is 764 g/mol. The van der Waals surface area contributed by atoms with Crippen LogP contribution in [-0.2, 0) is 45.9 Å². The van der Waals surface area contributed by atoms with Crippen molar-refractivity contribution in [1.29, 1.82) is 0 Å². The predicted molar refractivity (Wildman–Crippen MR) is 220 cm³/mol. The van der Waals surface area contributed by atoms with E-state index >= 15 is 0 Å². The Bertz CT molecular complexity index is 2080. The van der Waals surface area contributed by atoms with Crippen LogP contribution in [-0.4, -0.2) is 88.6 Å². The summed E-state index contributed by atoms with van der Waals surface area (Å²) in [4.78, 5) is 44.2. The van der Waals surface area contributed by atoms with Gasteiger partial charge in [-0.1, -0.05) is 35.9 Å². The molecule has 304 valence electrons. The van der Waals surface area contributed by atoms with Crippen LogP contribution in [0.4, 0.5) is 17.1 Å². The highest BCUT2D eigenvalue weighted by Crippen LogP contribution is 2.60. The number of hydrogen-bond donors (Lipinski definition) is 4. The van der Waals surface area contributed by atoms with Crippen molar-refractivity contribution < 1.29 is 34.1 Å². The average molecular weight is 817 g/mol. The van der Waals surface area contributed by atoms with E-state index in [0.717, 1.165) is 29.0 Å². The number of aromatic nitrogens is 3. The highest BCUT2D eigenvalue weighted by molar-refractivity contribution is 6.71. The van der Waals surface area contributed by atoms with Gasteiger partial charge in [-0.15, -0.1) is 5.10 Å². The van der Waals surface area contributed by atoms with E-state index in [1.165, 1.54) is 0 Å². The van der Waals surface area contributed by atoms with Gasteiger partial charge >= 0.3 is 0 Å². The minimum absolute atomic E-state index is 0.0181. The maximum Gasteiger partial charge on any atom is 0.264 e. The molecular formula is C42H53ClN6O7Si. The van der Waals surface area contributed by atoms with Crippen LogP contribution < -0.4 is 19.9 Å². The van der Waals surface area contributed by atoms with Crippen LogP contribution in [0.25, 0.3) is 0 Å². The Balaban J connectivity index is 1.16. The van der Waals surface area contributed by atoms with E-state index in [2.05, 4.69) is 15.6 Å². The first-order chi connectivity index (χ1) is 27.4. The zero-order valence-electron chi connectivity index (χ0n) is 33.0. The third-order valence-electron chi connectivity index (χ3n) is 11.6. The molecule has 4 heterocycles. The molecule has 4 aromatic rings. The van der Waals surface area contributed by atoms with Crippen molar-refractivity contribution in [3.8, 4) is 5.75 Å². The van der Waals surface area contributed by atoms with Crippen molar-refractivity contribution in [2.45, 2.75) is 95.4 Å². The maximum atomic E-state index is 15.0. The number of rotatable bonds is 16. The first-order valence-electron chi connectivity index (χ1n) is 19.9. The van der Waals surface area contributed by atoms with Gasteiger partial charge in [-0.25, -0.2) is 0 Å². The van der Waals surface area contributed by atoms with Gasteiger partial charge in [0.1, 0.15) is 5.75 Å². The van der Waals surface area contributed by atoms with Crippen LogP contribution in [0.15, 0.2) is 66.9 Å². The summed E-state index contributed by atoms with van der Waals surface area (Å²) in [5.74, 6) is 0.131. The Labute approximate surface area is 339 Å². The Kier molecular flexibility index (Phi) is 12.2. The number of carbonyl (C=O) groups excluding carboxylic acids is 2. The van der Waals surface area contributed by atoms with Crippen molar-refractivity contribution in [2.24, 2.45) is 5.92 Å². The smallest absolute Gasteiger partial charge is 0.264 e. The second-order valence-electron chi connectivity index (χ2n) is 15.9. The van der Waals surface area contributed by atoms with E-state index < -0.39 is 26.1 Å². The number of aliphatic hydroxyl groups is 2. The summed E-state index contributed by atoms with van der Waals surface area (Å²) in [6.07, 6.45) is 4.22. The van der Waals surface area contributed by atoms with E-state index in [0.29, 0.717) is 73.0 Å². The van der Waals surface area contributed by atoms with Gasteiger partial charge in [0.05, 0.1) is 42.4 Å². The zero-order chi connectivity index (χ0) is 40.5.